The quantitative estimate of drug-likeness (QED) is 0.416. The van der Waals surface area contributed by atoms with E-state index in [2.05, 4.69) is 20.9 Å². The second-order valence-corrected chi connectivity index (χ2v) is 6.50. The second-order valence-electron chi connectivity index (χ2n) is 6.50. The molecule has 0 saturated carbocycles. The minimum absolute atomic E-state index is 0.104. The summed E-state index contributed by atoms with van der Waals surface area (Å²) in [5.74, 6) is 0.267. The number of hydrogen-bond donors (Lipinski definition) is 3. The summed E-state index contributed by atoms with van der Waals surface area (Å²) in [6.07, 6.45) is 0. The number of rotatable bonds is 6. The molecule has 6 heteroatoms. The predicted molar refractivity (Wildman–Crippen MR) is 108 cm³/mol. The zero-order valence-corrected chi connectivity index (χ0v) is 16.3. The lowest BCUT2D eigenvalue weighted by molar-refractivity contribution is 0.0954. The van der Waals surface area contributed by atoms with E-state index in [1.165, 1.54) is 6.07 Å². The van der Waals surface area contributed by atoms with Crippen LogP contribution in [0.3, 0.4) is 0 Å². The molecule has 1 unspecified atom stereocenters. The molecule has 0 aliphatic heterocycles. The third-order valence-corrected chi connectivity index (χ3v) is 4.26. The molecule has 144 valence electrons. The van der Waals surface area contributed by atoms with Crippen molar-refractivity contribution >= 4 is 11.9 Å². The van der Waals surface area contributed by atoms with Crippen molar-refractivity contribution in [3.05, 3.63) is 70.5 Å². The maximum absolute atomic E-state index is 13.7. The molecule has 0 aliphatic carbocycles. The van der Waals surface area contributed by atoms with Crippen LogP contribution in [0, 0.1) is 19.7 Å². The Morgan fingerprint density at radius 1 is 1.11 bits per heavy atom. The molecule has 5 nitrogen and oxygen atoms in total. The molecule has 2 aromatic carbocycles. The van der Waals surface area contributed by atoms with Crippen LogP contribution < -0.4 is 16.0 Å². The monoisotopic (exact) mass is 370 g/mol. The number of carbonyl (C=O) groups is 1. The Labute approximate surface area is 160 Å². The predicted octanol–water partition coefficient (Wildman–Crippen LogP) is 3.10. The van der Waals surface area contributed by atoms with Crippen LogP contribution >= 0.6 is 0 Å². The zero-order chi connectivity index (χ0) is 19.8. The lowest BCUT2D eigenvalue weighted by atomic mass is 10.1. The first-order valence-electron chi connectivity index (χ1n) is 8.99. The van der Waals surface area contributed by atoms with Gasteiger partial charge in [-0.15, -0.1) is 0 Å². The molecule has 0 radical (unpaired) electrons. The van der Waals surface area contributed by atoms with Crippen LogP contribution in [0.15, 0.2) is 47.5 Å². The summed E-state index contributed by atoms with van der Waals surface area (Å²) < 4.78 is 13.7. The third kappa shape index (κ3) is 6.09. The second kappa shape index (κ2) is 9.71. The lowest BCUT2D eigenvalue weighted by Gasteiger charge is -2.19. The molecule has 0 heterocycles. The van der Waals surface area contributed by atoms with Gasteiger partial charge in [-0.05, 0) is 50.1 Å². The summed E-state index contributed by atoms with van der Waals surface area (Å²) in [7, 11) is 1.67. The lowest BCUT2D eigenvalue weighted by Crippen LogP contribution is -2.42. The summed E-state index contributed by atoms with van der Waals surface area (Å²) in [6, 6.07) is 12.5. The van der Waals surface area contributed by atoms with Gasteiger partial charge in [0, 0.05) is 25.7 Å². The molecule has 1 atom stereocenters. The van der Waals surface area contributed by atoms with E-state index < -0.39 is 0 Å². The molecule has 0 saturated heterocycles. The smallest absolute Gasteiger partial charge is 0.251 e. The van der Waals surface area contributed by atoms with Crippen molar-refractivity contribution in [2.24, 2.45) is 4.99 Å². The van der Waals surface area contributed by atoms with Gasteiger partial charge in [0.15, 0.2) is 5.96 Å². The number of halogens is 1. The van der Waals surface area contributed by atoms with Crippen LogP contribution in [0.2, 0.25) is 0 Å². The van der Waals surface area contributed by atoms with Gasteiger partial charge in [0.05, 0.1) is 6.04 Å². The minimum Gasteiger partial charge on any atom is -0.355 e. The SMILES string of the molecule is CN=C(NCCNC(=O)c1cccc(C)c1)NC(C)c1ccc(C)c(F)c1. The van der Waals surface area contributed by atoms with Crippen LogP contribution in [0.1, 0.15) is 40.0 Å². The molecule has 0 spiro atoms. The average molecular weight is 370 g/mol. The molecule has 0 aromatic heterocycles. The minimum atomic E-state index is -0.219. The van der Waals surface area contributed by atoms with Crippen molar-refractivity contribution in [1.82, 2.24) is 16.0 Å². The Kier molecular flexibility index (Phi) is 7.34. The molecular formula is C21H27FN4O. The summed E-state index contributed by atoms with van der Waals surface area (Å²) in [6.45, 7) is 6.61. The first-order chi connectivity index (χ1) is 12.9. The molecule has 1 amide bonds. The highest BCUT2D eigenvalue weighted by molar-refractivity contribution is 5.94. The highest BCUT2D eigenvalue weighted by Crippen LogP contribution is 2.16. The van der Waals surface area contributed by atoms with E-state index in [4.69, 9.17) is 0 Å². The largest absolute Gasteiger partial charge is 0.355 e. The standard InChI is InChI=1S/C21H27FN4O/c1-14-6-5-7-18(12-14)20(27)24-10-11-25-21(23-4)26-16(3)17-9-8-15(2)19(22)13-17/h5-9,12-13,16H,10-11H2,1-4H3,(H,24,27)(H2,23,25,26). The molecule has 2 rings (SSSR count). The van der Waals surface area contributed by atoms with Crippen LogP contribution in [0.25, 0.3) is 0 Å². The van der Waals surface area contributed by atoms with Crippen molar-refractivity contribution in [3.8, 4) is 0 Å². The Bertz CT molecular complexity index is 820. The van der Waals surface area contributed by atoms with Gasteiger partial charge in [-0.3, -0.25) is 9.79 Å². The Morgan fingerprint density at radius 2 is 1.85 bits per heavy atom. The van der Waals surface area contributed by atoms with E-state index in [0.29, 0.717) is 30.2 Å². The maximum atomic E-state index is 13.7. The van der Waals surface area contributed by atoms with Crippen molar-refractivity contribution in [2.45, 2.75) is 26.8 Å². The van der Waals surface area contributed by atoms with Crippen molar-refractivity contribution in [3.63, 3.8) is 0 Å². The van der Waals surface area contributed by atoms with Gasteiger partial charge in [-0.2, -0.15) is 0 Å². The fourth-order valence-corrected chi connectivity index (χ4v) is 2.61. The van der Waals surface area contributed by atoms with Gasteiger partial charge in [-0.25, -0.2) is 4.39 Å². The van der Waals surface area contributed by atoms with E-state index in [0.717, 1.165) is 11.1 Å². The molecule has 0 aliphatic rings. The van der Waals surface area contributed by atoms with E-state index in [-0.39, 0.29) is 17.8 Å². The number of amides is 1. The number of aryl methyl sites for hydroxylation is 2. The number of carbonyl (C=O) groups excluding carboxylic acids is 1. The van der Waals surface area contributed by atoms with Crippen LogP contribution in [-0.4, -0.2) is 32.0 Å². The number of guanidine groups is 1. The fourth-order valence-electron chi connectivity index (χ4n) is 2.61. The molecular weight excluding hydrogens is 343 g/mol. The molecule has 2 aromatic rings. The normalized spacial score (nSPS) is 12.4. The number of hydrogen-bond acceptors (Lipinski definition) is 2. The summed E-state index contributed by atoms with van der Waals surface area (Å²) >= 11 is 0. The van der Waals surface area contributed by atoms with Gasteiger partial charge < -0.3 is 16.0 Å². The Balaban J connectivity index is 1.80. The van der Waals surface area contributed by atoms with E-state index >= 15 is 0 Å². The Hall–Kier alpha value is -2.89. The number of nitrogens with zero attached hydrogens (tertiary/aromatic N) is 1. The van der Waals surface area contributed by atoms with Gasteiger partial charge in [0.25, 0.3) is 5.91 Å². The third-order valence-electron chi connectivity index (χ3n) is 4.26. The molecule has 0 fully saturated rings. The van der Waals surface area contributed by atoms with Crippen molar-refractivity contribution in [1.29, 1.82) is 0 Å². The van der Waals surface area contributed by atoms with Crippen LogP contribution in [0.5, 0.6) is 0 Å². The average Bonchev–Trinajstić information content (AvgIpc) is 2.65. The Morgan fingerprint density at radius 3 is 2.52 bits per heavy atom. The molecule has 27 heavy (non-hydrogen) atoms. The summed E-state index contributed by atoms with van der Waals surface area (Å²) in [5, 5.41) is 9.23. The number of aliphatic imine (C=N–C) groups is 1. The summed E-state index contributed by atoms with van der Waals surface area (Å²) in [5.41, 5.74) is 3.16. The van der Waals surface area contributed by atoms with Gasteiger partial charge in [0.1, 0.15) is 5.82 Å². The van der Waals surface area contributed by atoms with Crippen LogP contribution in [-0.2, 0) is 0 Å². The van der Waals surface area contributed by atoms with E-state index in [9.17, 15) is 9.18 Å². The van der Waals surface area contributed by atoms with Gasteiger partial charge in [0.2, 0.25) is 0 Å². The van der Waals surface area contributed by atoms with Gasteiger partial charge in [-0.1, -0.05) is 29.8 Å². The topological polar surface area (TPSA) is 65.5 Å². The van der Waals surface area contributed by atoms with Gasteiger partial charge >= 0.3 is 0 Å². The summed E-state index contributed by atoms with van der Waals surface area (Å²) in [4.78, 5) is 16.3. The van der Waals surface area contributed by atoms with Crippen molar-refractivity contribution in [2.75, 3.05) is 20.1 Å². The van der Waals surface area contributed by atoms with Crippen LogP contribution in [0.4, 0.5) is 4.39 Å². The highest BCUT2D eigenvalue weighted by Gasteiger charge is 2.10. The maximum Gasteiger partial charge on any atom is 0.251 e. The fraction of sp³-hybridized carbons (Fsp3) is 0.333. The first kappa shape index (κ1) is 20.4. The first-order valence-corrected chi connectivity index (χ1v) is 8.99. The number of nitrogens with one attached hydrogen (secondary N) is 3. The van der Waals surface area contributed by atoms with E-state index in [1.807, 2.05) is 38.1 Å². The van der Waals surface area contributed by atoms with Crippen molar-refractivity contribution < 1.29 is 9.18 Å². The highest BCUT2D eigenvalue weighted by atomic mass is 19.1. The molecule has 3 N–H and O–H groups in total. The zero-order valence-electron chi connectivity index (χ0n) is 16.3. The molecule has 0 bridgehead atoms. The van der Waals surface area contributed by atoms with E-state index in [1.54, 1.807) is 26.1 Å². The number of benzene rings is 2.